The van der Waals surface area contributed by atoms with Gasteiger partial charge in [0.2, 0.25) is 0 Å². The van der Waals surface area contributed by atoms with Crippen LogP contribution in [0.15, 0.2) is 41.4 Å². The summed E-state index contributed by atoms with van der Waals surface area (Å²) in [5.41, 5.74) is -0.113. The lowest BCUT2D eigenvalue weighted by atomic mass is 10.2. The number of benzene rings is 2. The maximum absolute atomic E-state index is 13.7. The summed E-state index contributed by atoms with van der Waals surface area (Å²) in [6, 6.07) is 6.60. The zero-order chi connectivity index (χ0) is 27.3. The summed E-state index contributed by atoms with van der Waals surface area (Å²) in [5, 5.41) is 0.00370. The first-order chi connectivity index (χ1) is 17.3. The van der Waals surface area contributed by atoms with Crippen LogP contribution in [0.2, 0.25) is 10.0 Å². The van der Waals surface area contributed by atoms with Crippen molar-refractivity contribution in [2.45, 2.75) is 15.1 Å². The highest BCUT2D eigenvalue weighted by Gasteiger charge is 2.37. The predicted octanol–water partition coefficient (Wildman–Crippen LogP) is 6.15. The topological polar surface area (TPSA) is 71.9 Å². The Morgan fingerprint density at radius 1 is 1.03 bits per heavy atom. The number of hydrogen-bond acceptors (Lipinski definition) is 5. The van der Waals surface area contributed by atoms with Crippen LogP contribution in [0.3, 0.4) is 0 Å². The van der Waals surface area contributed by atoms with E-state index >= 15 is 0 Å². The average molecular weight is 636 g/mol. The minimum absolute atomic E-state index is 0.0160. The molecule has 2 aromatic carbocycles. The predicted molar refractivity (Wildman–Crippen MR) is 142 cm³/mol. The fourth-order valence-corrected chi connectivity index (χ4v) is 6.18. The highest BCUT2D eigenvalue weighted by Crippen LogP contribution is 2.38. The molecule has 200 valence electrons. The van der Waals surface area contributed by atoms with Crippen LogP contribution in [0.25, 0.3) is 10.9 Å². The summed E-state index contributed by atoms with van der Waals surface area (Å²) in [6.45, 7) is 1.02. The Bertz CT molecular complexity index is 1470. The van der Waals surface area contributed by atoms with Gasteiger partial charge in [0, 0.05) is 43.3 Å². The fraction of sp³-hybridized carbons (Fsp3) is 0.318. The van der Waals surface area contributed by atoms with E-state index in [9.17, 15) is 22.0 Å². The molecular weight excluding hydrogens is 618 g/mol. The lowest BCUT2D eigenvalue weighted by molar-refractivity contribution is -0.130. The van der Waals surface area contributed by atoms with Crippen molar-refractivity contribution in [3.8, 4) is 5.75 Å². The average Bonchev–Trinajstić information content (AvgIpc) is 3.22. The molecule has 1 aromatic heterocycles. The third-order valence-corrected chi connectivity index (χ3v) is 8.81. The number of amides is 1. The molecule has 3 aromatic rings. The molecule has 1 amide bonds. The van der Waals surface area contributed by atoms with Crippen molar-refractivity contribution in [2.75, 3.05) is 38.2 Å². The number of alkyl halides is 5. The lowest BCUT2D eigenvalue weighted by Gasteiger charge is -2.37. The van der Waals surface area contributed by atoms with Crippen LogP contribution in [-0.2, 0) is 14.8 Å². The number of piperazine rings is 1. The van der Waals surface area contributed by atoms with Crippen molar-refractivity contribution >= 4 is 90.5 Å². The molecule has 1 fully saturated rings. The van der Waals surface area contributed by atoms with Crippen molar-refractivity contribution in [3.63, 3.8) is 0 Å². The van der Waals surface area contributed by atoms with Gasteiger partial charge in [-0.05, 0) is 30.3 Å². The zero-order valence-corrected chi connectivity index (χ0v) is 23.5. The summed E-state index contributed by atoms with van der Waals surface area (Å²) in [5.74, 6) is -0.283. The lowest BCUT2D eigenvalue weighted by Crippen LogP contribution is -2.51. The largest absolute Gasteiger partial charge is 0.495 e. The summed E-state index contributed by atoms with van der Waals surface area (Å²) < 4.78 is 58.9. The second-order valence-electron chi connectivity index (χ2n) is 8.08. The number of anilines is 1. The molecule has 15 heteroatoms. The van der Waals surface area contributed by atoms with E-state index < -0.39 is 31.7 Å². The molecular formula is C22H18Cl5F2N3O4S. The number of aromatic nitrogens is 1. The molecule has 37 heavy (non-hydrogen) atoms. The second kappa shape index (κ2) is 10.5. The molecule has 0 bridgehead atoms. The first-order valence-electron chi connectivity index (χ1n) is 10.6. The minimum atomic E-state index is -4.36. The van der Waals surface area contributed by atoms with E-state index in [1.807, 2.05) is 4.90 Å². The molecule has 7 nitrogen and oxygen atoms in total. The van der Waals surface area contributed by atoms with E-state index in [-0.39, 0.29) is 38.9 Å². The standard InChI is InChI=1S/C22H18Cl5F2N3O4S/c1-36-19-3-2-12(8-18(19)30-4-6-31(7-5-30)21(33)22(25,26)27)37(34,35)32-11-14(20(28)29)13-9-15(23)16(24)10-17(13)32/h2-3,8-11,20H,4-7H2,1H3. The van der Waals surface area contributed by atoms with Gasteiger partial charge < -0.3 is 14.5 Å². The van der Waals surface area contributed by atoms with Crippen LogP contribution in [0.1, 0.15) is 12.0 Å². The van der Waals surface area contributed by atoms with Crippen molar-refractivity contribution < 1.29 is 26.7 Å². The quantitative estimate of drug-likeness (QED) is 0.315. The number of nitrogens with zero attached hydrogens (tertiary/aromatic N) is 3. The molecule has 0 N–H and O–H groups in total. The van der Waals surface area contributed by atoms with E-state index in [2.05, 4.69) is 0 Å². The number of carbonyl (C=O) groups excluding carboxylic acids is 1. The number of methoxy groups -OCH3 is 1. The van der Waals surface area contributed by atoms with E-state index in [4.69, 9.17) is 62.7 Å². The Labute approximate surface area is 236 Å². The Hall–Kier alpha value is -1.69. The number of carbonyl (C=O) groups is 1. The minimum Gasteiger partial charge on any atom is -0.495 e. The highest BCUT2D eigenvalue weighted by atomic mass is 35.6. The molecule has 0 atom stereocenters. The summed E-state index contributed by atoms with van der Waals surface area (Å²) in [6.07, 6.45) is -2.09. The van der Waals surface area contributed by atoms with Gasteiger partial charge in [0.05, 0.1) is 33.3 Å². The number of hydrogen-bond donors (Lipinski definition) is 0. The van der Waals surface area contributed by atoms with Gasteiger partial charge in [-0.2, -0.15) is 0 Å². The summed E-state index contributed by atoms with van der Waals surface area (Å²) in [7, 11) is -2.93. The molecule has 0 saturated carbocycles. The smallest absolute Gasteiger partial charge is 0.274 e. The molecule has 2 heterocycles. The number of ether oxygens (including phenoxy) is 1. The Kier molecular flexibility index (Phi) is 8.01. The molecule has 1 saturated heterocycles. The Balaban J connectivity index is 1.74. The Morgan fingerprint density at radius 2 is 1.65 bits per heavy atom. The van der Waals surface area contributed by atoms with Crippen molar-refractivity contribution in [3.05, 3.63) is 52.1 Å². The first-order valence-corrected chi connectivity index (χ1v) is 13.9. The van der Waals surface area contributed by atoms with Gasteiger partial charge in [0.15, 0.2) is 0 Å². The molecule has 4 rings (SSSR count). The van der Waals surface area contributed by atoms with Gasteiger partial charge >= 0.3 is 0 Å². The van der Waals surface area contributed by atoms with E-state index in [0.717, 1.165) is 10.2 Å². The van der Waals surface area contributed by atoms with Gasteiger partial charge in [0.25, 0.3) is 26.1 Å². The summed E-state index contributed by atoms with van der Waals surface area (Å²) >= 11 is 29.2. The van der Waals surface area contributed by atoms with Crippen molar-refractivity contribution in [1.82, 2.24) is 8.87 Å². The fourth-order valence-electron chi connectivity index (χ4n) is 4.11. The van der Waals surface area contributed by atoms with Gasteiger partial charge in [-0.15, -0.1) is 0 Å². The normalized spacial score (nSPS) is 15.1. The van der Waals surface area contributed by atoms with Crippen molar-refractivity contribution in [2.24, 2.45) is 0 Å². The van der Waals surface area contributed by atoms with E-state index in [0.29, 0.717) is 24.5 Å². The van der Waals surface area contributed by atoms with Crippen LogP contribution in [0, 0.1) is 0 Å². The van der Waals surface area contributed by atoms with Crippen LogP contribution < -0.4 is 9.64 Å². The molecule has 0 aliphatic carbocycles. The van der Waals surface area contributed by atoms with Gasteiger partial charge in [-0.25, -0.2) is 21.2 Å². The molecule has 0 radical (unpaired) electrons. The highest BCUT2D eigenvalue weighted by molar-refractivity contribution is 7.90. The summed E-state index contributed by atoms with van der Waals surface area (Å²) in [4.78, 5) is 15.3. The Morgan fingerprint density at radius 3 is 2.22 bits per heavy atom. The monoisotopic (exact) mass is 633 g/mol. The van der Waals surface area contributed by atoms with Crippen LogP contribution in [-0.4, -0.2) is 60.3 Å². The van der Waals surface area contributed by atoms with Gasteiger partial charge in [-0.3, -0.25) is 4.79 Å². The van der Waals surface area contributed by atoms with Crippen LogP contribution in [0.4, 0.5) is 14.5 Å². The maximum Gasteiger partial charge on any atom is 0.274 e. The third-order valence-electron chi connectivity index (χ3n) is 5.94. The number of rotatable bonds is 5. The van der Waals surface area contributed by atoms with Gasteiger partial charge in [-0.1, -0.05) is 58.0 Å². The second-order valence-corrected chi connectivity index (χ2v) is 13.0. The maximum atomic E-state index is 13.7. The molecule has 1 aliphatic heterocycles. The first kappa shape index (κ1) is 28.3. The molecule has 1 aliphatic rings. The van der Waals surface area contributed by atoms with Crippen molar-refractivity contribution in [1.29, 1.82) is 0 Å². The van der Waals surface area contributed by atoms with Gasteiger partial charge in [0.1, 0.15) is 5.75 Å². The zero-order valence-electron chi connectivity index (χ0n) is 18.9. The third kappa shape index (κ3) is 5.42. The van der Waals surface area contributed by atoms with Crippen LogP contribution in [0.5, 0.6) is 5.75 Å². The molecule has 0 spiro atoms. The SMILES string of the molecule is COc1ccc(S(=O)(=O)n2cc(C(F)F)c3cc(Cl)c(Cl)cc32)cc1N1CCN(C(=O)C(Cl)(Cl)Cl)CC1. The number of fused-ring (bicyclic) bond motifs is 1. The van der Waals surface area contributed by atoms with E-state index in [1.54, 1.807) is 0 Å². The number of halogens is 7. The molecule has 0 unspecified atom stereocenters. The van der Waals surface area contributed by atoms with Crippen LogP contribution >= 0.6 is 58.0 Å². The van der Waals surface area contributed by atoms with E-state index in [1.165, 1.54) is 42.3 Å².